The highest BCUT2D eigenvalue weighted by Crippen LogP contribution is 2.15. The van der Waals surface area contributed by atoms with Gasteiger partial charge in [0.25, 0.3) is 5.91 Å². The molecule has 0 spiro atoms. The Labute approximate surface area is 106 Å². The van der Waals surface area contributed by atoms with Crippen LogP contribution in [-0.4, -0.2) is 40.4 Å². The Balaban J connectivity index is 2.06. The standard InChI is InChI=1S/C12H20N4O2/c1-2-8(4-6-17)14-12(18)11-9-7-13-5-3-10(9)15-16-11/h8,13,17H,2-7H2,1H3,(H,14,18)(H,15,16). The van der Waals surface area contributed by atoms with Crippen LogP contribution >= 0.6 is 0 Å². The van der Waals surface area contributed by atoms with Crippen molar-refractivity contribution in [2.75, 3.05) is 13.2 Å². The smallest absolute Gasteiger partial charge is 0.272 e. The third-order valence-electron chi connectivity index (χ3n) is 3.33. The lowest BCUT2D eigenvalue weighted by atomic mass is 10.1. The molecule has 1 unspecified atom stereocenters. The van der Waals surface area contributed by atoms with Crippen LogP contribution in [0.2, 0.25) is 0 Å². The number of aliphatic hydroxyl groups is 1. The fraction of sp³-hybridized carbons (Fsp3) is 0.667. The Kier molecular flexibility index (Phi) is 4.33. The van der Waals surface area contributed by atoms with Gasteiger partial charge in [0, 0.05) is 43.4 Å². The Hall–Kier alpha value is -1.40. The lowest BCUT2D eigenvalue weighted by molar-refractivity contribution is 0.0923. The van der Waals surface area contributed by atoms with Crippen LogP contribution in [0.15, 0.2) is 0 Å². The van der Waals surface area contributed by atoms with Gasteiger partial charge in [0.2, 0.25) is 0 Å². The molecule has 6 nitrogen and oxygen atoms in total. The number of hydrogen-bond acceptors (Lipinski definition) is 4. The largest absolute Gasteiger partial charge is 0.396 e. The van der Waals surface area contributed by atoms with Gasteiger partial charge in [0.05, 0.1) is 0 Å². The monoisotopic (exact) mass is 252 g/mol. The van der Waals surface area contributed by atoms with Gasteiger partial charge in [-0.05, 0) is 12.8 Å². The summed E-state index contributed by atoms with van der Waals surface area (Å²) in [6.07, 6.45) is 2.26. The molecular weight excluding hydrogens is 232 g/mol. The Morgan fingerprint density at radius 2 is 2.44 bits per heavy atom. The summed E-state index contributed by atoms with van der Waals surface area (Å²) in [7, 11) is 0. The molecule has 2 heterocycles. The highest BCUT2D eigenvalue weighted by atomic mass is 16.3. The molecule has 6 heteroatoms. The minimum absolute atomic E-state index is 0.00593. The molecule has 0 fully saturated rings. The van der Waals surface area contributed by atoms with E-state index in [1.807, 2.05) is 6.92 Å². The summed E-state index contributed by atoms with van der Waals surface area (Å²) in [6.45, 7) is 3.67. The Morgan fingerprint density at radius 1 is 1.61 bits per heavy atom. The summed E-state index contributed by atoms with van der Waals surface area (Å²) in [5, 5.41) is 22.1. The van der Waals surface area contributed by atoms with Gasteiger partial charge >= 0.3 is 0 Å². The van der Waals surface area contributed by atoms with E-state index in [2.05, 4.69) is 20.8 Å². The van der Waals surface area contributed by atoms with E-state index in [1.165, 1.54) is 0 Å². The number of aromatic amines is 1. The minimum atomic E-state index is -0.156. The normalized spacial score (nSPS) is 16.1. The van der Waals surface area contributed by atoms with Gasteiger partial charge in [0.1, 0.15) is 0 Å². The predicted molar refractivity (Wildman–Crippen MR) is 67.2 cm³/mol. The van der Waals surface area contributed by atoms with Crippen LogP contribution in [0.5, 0.6) is 0 Å². The third kappa shape index (κ3) is 2.70. The number of aromatic nitrogens is 2. The van der Waals surface area contributed by atoms with Crippen LogP contribution in [-0.2, 0) is 13.0 Å². The lowest BCUT2D eigenvalue weighted by Crippen LogP contribution is -2.36. The minimum Gasteiger partial charge on any atom is -0.396 e. The molecule has 0 aromatic carbocycles. The van der Waals surface area contributed by atoms with Gasteiger partial charge in [-0.2, -0.15) is 5.10 Å². The maximum atomic E-state index is 12.1. The molecule has 0 saturated carbocycles. The Morgan fingerprint density at radius 3 is 3.17 bits per heavy atom. The second-order valence-electron chi connectivity index (χ2n) is 4.55. The van der Waals surface area contributed by atoms with Crippen LogP contribution in [0, 0.1) is 0 Å². The van der Waals surface area contributed by atoms with E-state index in [1.54, 1.807) is 0 Å². The van der Waals surface area contributed by atoms with E-state index in [9.17, 15) is 4.79 Å². The summed E-state index contributed by atoms with van der Waals surface area (Å²) in [5.74, 6) is -0.156. The maximum absolute atomic E-state index is 12.1. The summed E-state index contributed by atoms with van der Waals surface area (Å²) >= 11 is 0. The van der Waals surface area contributed by atoms with Gasteiger partial charge in [-0.1, -0.05) is 6.92 Å². The van der Waals surface area contributed by atoms with Gasteiger partial charge in [-0.3, -0.25) is 9.89 Å². The molecule has 0 bridgehead atoms. The highest BCUT2D eigenvalue weighted by Gasteiger charge is 2.22. The van der Waals surface area contributed by atoms with Crippen molar-refractivity contribution in [2.24, 2.45) is 0 Å². The van der Waals surface area contributed by atoms with E-state index in [4.69, 9.17) is 5.11 Å². The molecule has 4 N–H and O–H groups in total. The number of carbonyl (C=O) groups is 1. The van der Waals surface area contributed by atoms with Crippen LogP contribution in [0.1, 0.15) is 41.5 Å². The van der Waals surface area contributed by atoms with Crippen molar-refractivity contribution in [1.29, 1.82) is 0 Å². The number of nitrogens with one attached hydrogen (secondary N) is 3. The fourth-order valence-corrected chi connectivity index (χ4v) is 2.20. The molecule has 100 valence electrons. The molecule has 0 saturated heterocycles. The van der Waals surface area contributed by atoms with Crippen LogP contribution in [0.25, 0.3) is 0 Å². The number of H-pyrrole nitrogens is 1. The molecule has 1 atom stereocenters. The summed E-state index contributed by atoms with van der Waals surface area (Å²) in [4.78, 5) is 12.1. The molecule has 1 amide bonds. The summed E-state index contributed by atoms with van der Waals surface area (Å²) < 4.78 is 0. The van der Waals surface area contributed by atoms with Crippen LogP contribution in [0.3, 0.4) is 0 Å². The molecule has 1 aromatic heterocycles. The molecule has 0 aliphatic carbocycles. The average Bonchev–Trinajstić information content (AvgIpc) is 2.82. The van der Waals surface area contributed by atoms with Crippen LogP contribution in [0.4, 0.5) is 0 Å². The second kappa shape index (κ2) is 5.97. The zero-order valence-corrected chi connectivity index (χ0v) is 10.6. The molecule has 18 heavy (non-hydrogen) atoms. The molecule has 1 aromatic rings. The van der Waals surface area contributed by atoms with Crippen molar-refractivity contribution in [1.82, 2.24) is 20.8 Å². The van der Waals surface area contributed by atoms with Gasteiger partial charge in [0.15, 0.2) is 5.69 Å². The first-order valence-corrected chi connectivity index (χ1v) is 6.44. The van der Waals surface area contributed by atoms with E-state index in [0.717, 1.165) is 30.6 Å². The number of rotatable bonds is 5. The quantitative estimate of drug-likeness (QED) is 0.591. The van der Waals surface area contributed by atoms with Crippen molar-refractivity contribution >= 4 is 5.91 Å². The number of carbonyl (C=O) groups excluding carboxylic acids is 1. The van der Waals surface area contributed by atoms with Crippen molar-refractivity contribution in [3.05, 3.63) is 17.0 Å². The first-order chi connectivity index (χ1) is 8.76. The molecule has 1 aliphatic heterocycles. The lowest BCUT2D eigenvalue weighted by Gasteiger charge is -2.16. The Bertz CT molecular complexity index is 416. The zero-order valence-electron chi connectivity index (χ0n) is 10.6. The van der Waals surface area contributed by atoms with Crippen molar-refractivity contribution in [2.45, 2.75) is 38.8 Å². The summed E-state index contributed by atoms with van der Waals surface area (Å²) in [5.41, 5.74) is 2.50. The van der Waals surface area contributed by atoms with Crippen molar-refractivity contribution in [3.8, 4) is 0 Å². The first-order valence-electron chi connectivity index (χ1n) is 6.44. The van der Waals surface area contributed by atoms with Crippen LogP contribution < -0.4 is 10.6 Å². The number of amides is 1. The number of fused-ring (bicyclic) bond motifs is 1. The van der Waals surface area contributed by atoms with Gasteiger partial charge < -0.3 is 15.7 Å². The van der Waals surface area contributed by atoms with E-state index < -0.39 is 0 Å². The molecule has 2 rings (SSSR count). The second-order valence-corrected chi connectivity index (χ2v) is 4.55. The number of hydrogen-bond donors (Lipinski definition) is 4. The maximum Gasteiger partial charge on any atom is 0.272 e. The van der Waals surface area contributed by atoms with Crippen molar-refractivity contribution in [3.63, 3.8) is 0 Å². The van der Waals surface area contributed by atoms with E-state index >= 15 is 0 Å². The molecule has 0 radical (unpaired) electrons. The van der Waals surface area contributed by atoms with E-state index in [-0.39, 0.29) is 18.6 Å². The first kappa shape index (κ1) is 13.0. The molecule has 1 aliphatic rings. The number of nitrogens with zero attached hydrogens (tertiary/aromatic N) is 1. The average molecular weight is 252 g/mol. The van der Waals surface area contributed by atoms with Crippen molar-refractivity contribution < 1.29 is 9.90 Å². The number of aliphatic hydroxyl groups excluding tert-OH is 1. The fourth-order valence-electron chi connectivity index (χ4n) is 2.20. The predicted octanol–water partition coefficient (Wildman–Crippen LogP) is -0.0538. The topological polar surface area (TPSA) is 90.0 Å². The highest BCUT2D eigenvalue weighted by molar-refractivity contribution is 5.94. The summed E-state index contributed by atoms with van der Waals surface area (Å²) in [6, 6.07) is 0.00593. The third-order valence-corrected chi connectivity index (χ3v) is 3.33. The van der Waals surface area contributed by atoms with Gasteiger partial charge in [-0.15, -0.1) is 0 Å². The SMILES string of the molecule is CCC(CCO)NC(=O)c1n[nH]c2c1CNCC2. The van der Waals surface area contributed by atoms with Gasteiger partial charge in [-0.25, -0.2) is 0 Å². The molecular formula is C12H20N4O2. The van der Waals surface area contributed by atoms with E-state index in [0.29, 0.717) is 18.7 Å². The zero-order chi connectivity index (χ0) is 13.0.